The van der Waals surface area contributed by atoms with Gasteiger partial charge in [-0.2, -0.15) is 4.98 Å². The first-order valence-electron chi connectivity index (χ1n) is 6.14. The van der Waals surface area contributed by atoms with Gasteiger partial charge in [0.15, 0.2) is 4.90 Å². The molecule has 3 rings (SSSR count). The largest absolute Gasteiger partial charge is 0.605 e. The fourth-order valence-electron chi connectivity index (χ4n) is 2.02. The Morgan fingerprint density at radius 2 is 1.77 bits per heavy atom. The molecule has 8 heteroatoms. The zero-order valence-electron chi connectivity index (χ0n) is 11.2. The van der Waals surface area contributed by atoms with Gasteiger partial charge in [0, 0.05) is 11.2 Å². The summed E-state index contributed by atoms with van der Waals surface area (Å²) in [5.74, 6) is -0.0855. The van der Waals surface area contributed by atoms with Crippen LogP contribution in [0.2, 0.25) is 10.0 Å². The van der Waals surface area contributed by atoms with Crippen LogP contribution < -0.4 is 0 Å². The van der Waals surface area contributed by atoms with E-state index in [1.807, 2.05) is 0 Å². The second-order valence-corrected chi connectivity index (χ2v) is 6.70. The second-order valence-electron chi connectivity index (χ2n) is 4.49. The zero-order chi connectivity index (χ0) is 15.9. The van der Waals surface area contributed by atoms with E-state index in [0.717, 1.165) is 0 Å². The van der Waals surface area contributed by atoms with Gasteiger partial charge in [-0.05, 0) is 19.1 Å². The third-order valence-electron chi connectivity index (χ3n) is 3.13. The molecule has 2 heterocycles. The lowest BCUT2D eigenvalue weighted by atomic mass is 10.1. The summed E-state index contributed by atoms with van der Waals surface area (Å²) in [5.41, 5.74) is 0.677. The van der Waals surface area contributed by atoms with Crippen molar-refractivity contribution in [3.05, 3.63) is 46.5 Å². The average molecular weight is 354 g/mol. The first kappa shape index (κ1) is 15.3. The van der Waals surface area contributed by atoms with Crippen LogP contribution in [0.1, 0.15) is 5.56 Å². The van der Waals surface area contributed by atoms with Crippen molar-refractivity contribution in [1.29, 1.82) is 0 Å². The minimum Gasteiger partial charge on any atom is -0.605 e. The van der Waals surface area contributed by atoms with Crippen LogP contribution in [-0.2, 0) is 11.2 Å². The number of rotatable bonds is 2. The van der Waals surface area contributed by atoms with Crippen molar-refractivity contribution in [3.8, 4) is 5.75 Å². The number of hydrogen-bond acceptors (Lipinski definition) is 5. The first-order chi connectivity index (χ1) is 10.5. The summed E-state index contributed by atoms with van der Waals surface area (Å²) in [6.07, 6.45) is 4.21. The molecule has 0 saturated carbocycles. The molecule has 0 spiro atoms. The molecule has 3 aromatic rings. The van der Waals surface area contributed by atoms with Crippen LogP contribution in [0.3, 0.4) is 0 Å². The van der Waals surface area contributed by atoms with Crippen molar-refractivity contribution in [2.24, 2.45) is 0 Å². The maximum Gasteiger partial charge on any atom is 0.257 e. The summed E-state index contributed by atoms with van der Waals surface area (Å²) in [6, 6.07) is 3.15. The molecule has 0 aliphatic rings. The van der Waals surface area contributed by atoms with E-state index in [1.165, 1.54) is 18.7 Å². The molecule has 1 atom stereocenters. The molecule has 1 aromatic carbocycles. The Morgan fingerprint density at radius 1 is 1.14 bits per heavy atom. The summed E-state index contributed by atoms with van der Waals surface area (Å²) < 4.78 is 12.6. The fraction of sp³-hybridized carbons (Fsp3) is 0.0714. The Balaban J connectivity index is 2.28. The minimum atomic E-state index is -1.64. The lowest BCUT2D eigenvalue weighted by molar-refractivity contribution is 0.473. The molecular formula is C14H9Cl2N3O2S. The second kappa shape index (κ2) is 5.89. The van der Waals surface area contributed by atoms with Crippen LogP contribution in [0.5, 0.6) is 5.75 Å². The maximum atomic E-state index is 12.6. The lowest BCUT2D eigenvalue weighted by Gasteiger charge is -2.14. The fourth-order valence-corrected chi connectivity index (χ4v) is 3.55. The van der Waals surface area contributed by atoms with Crippen molar-refractivity contribution < 1.29 is 9.66 Å². The summed E-state index contributed by atoms with van der Waals surface area (Å²) in [5, 5.41) is 11.6. The number of aromatic hydroxyl groups is 1. The Kier molecular flexibility index (Phi) is 4.10. The minimum absolute atomic E-state index is 0.0855. The average Bonchev–Trinajstić information content (AvgIpc) is 2.54. The standard InChI is InChI=1S/C14H9Cl2N3O2S/c1-7-13(20)11-9(15)2-3-10(16)12(11)19-14(7)22(21)8-4-17-6-18-5-8/h2-6H,1H3,(H,19,20). The number of pyridine rings is 1. The third-order valence-corrected chi connectivity index (χ3v) is 5.14. The highest BCUT2D eigenvalue weighted by molar-refractivity contribution is 7.91. The summed E-state index contributed by atoms with van der Waals surface area (Å²) in [4.78, 5) is 12.4. The molecular weight excluding hydrogens is 345 g/mol. The van der Waals surface area contributed by atoms with Gasteiger partial charge in [0.25, 0.3) is 5.03 Å². The smallest absolute Gasteiger partial charge is 0.257 e. The number of benzene rings is 1. The molecule has 0 saturated heterocycles. The van der Waals surface area contributed by atoms with Gasteiger partial charge in [-0.15, -0.1) is 0 Å². The predicted octanol–water partition coefficient (Wildman–Crippen LogP) is 3.51. The number of halogens is 2. The monoisotopic (exact) mass is 353 g/mol. The molecule has 0 radical (unpaired) electrons. The molecule has 0 aliphatic carbocycles. The first-order valence-corrected chi connectivity index (χ1v) is 8.05. The lowest BCUT2D eigenvalue weighted by Crippen LogP contribution is -2.08. The van der Waals surface area contributed by atoms with E-state index < -0.39 is 11.2 Å². The SMILES string of the molecule is Cc1c([S+]([O-])c2cncnc2)nc2c(Cl)ccc(Cl)c2c1O. The number of fused-ring (bicyclic) bond motifs is 1. The highest BCUT2D eigenvalue weighted by Crippen LogP contribution is 2.39. The quantitative estimate of drug-likeness (QED) is 0.712. The van der Waals surface area contributed by atoms with E-state index in [2.05, 4.69) is 15.0 Å². The van der Waals surface area contributed by atoms with E-state index in [1.54, 1.807) is 19.1 Å². The molecule has 0 fully saturated rings. The third kappa shape index (κ3) is 2.48. The summed E-state index contributed by atoms with van der Waals surface area (Å²) >= 11 is 10.6. The van der Waals surface area contributed by atoms with Crippen molar-refractivity contribution in [1.82, 2.24) is 15.0 Å². The molecule has 0 bridgehead atoms. The Morgan fingerprint density at radius 3 is 2.45 bits per heavy atom. The van der Waals surface area contributed by atoms with E-state index in [9.17, 15) is 9.66 Å². The van der Waals surface area contributed by atoms with E-state index in [4.69, 9.17) is 23.2 Å². The van der Waals surface area contributed by atoms with Gasteiger partial charge in [-0.1, -0.05) is 23.2 Å². The molecule has 1 N–H and O–H groups in total. The van der Waals surface area contributed by atoms with Crippen LogP contribution in [0, 0.1) is 6.92 Å². The number of aromatic nitrogens is 3. The number of nitrogens with zero attached hydrogens (tertiary/aromatic N) is 3. The molecule has 5 nitrogen and oxygen atoms in total. The van der Waals surface area contributed by atoms with Gasteiger partial charge in [0.1, 0.15) is 12.1 Å². The van der Waals surface area contributed by atoms with Gasteiger partial charge >= 0.3 is 0 Å². The van der Waals surface area contributed by atoms with Crippen molar-refractivity contribution in [2.45, 2.75) is 16.8 Å². The normalized spacial score (nSPS) is 12.5. The van der Waals surface area contributed by atoms with Crippen LogP contribution in [0.15, 0.2) is 40.8 Å². The molecule has 0 amide bonds. The van der Waals surface area contributed by atoms with E-state index >= 15 is 0 Å². The summed E-state index contributed by atoms with van der Waals surface area (Å²) in [6.45, 7) is 1.62. The molecule has 22 heavy (non-hydrogen) atoms. The Bertz CT molecular complexity index is 862. The molecule has 2 aromatic heterocycles. The van der Waals surface area contributed by atoms with E-state index in [0.29, 0.717) is 31.4 Å². The van der Waals surface area contributed by atoms with Crippen molar-refractivity contribution in [3.63, 3.8) is 0 Å². The highest BCUT2D eigenvalue weighted by atomic mass is 35.5. The van der Waals surface area contributed by atoms with Crippen LogP contribution >= 0.6 is 23.2 Å². The van der Waals surface area contributed by atoms with Crippen molar-refractivity contribution in [2.75, 3.05) is 0 Å². The predicted molar refractivity (Wildman–Crippen MR) is 84.9 cm³/mol. The van der Waals surface area contributed by atoms with Gasteiger partial charge in [-0.25, -0.2) is 9.97 Å². The van der Waals surface area contributed by atoms with Crippen molar-refractivity contribution >= 4 is 45.3 Å². The zero-order valence-corrected chi connectivity index (χ0v) is 13.6. The van der Waals surface area contributed by atoms with Crippen LogP contribution in [0.25, 0.3) is 10.9 Å². The van der Waals surface area contributed by atoms with E-state index in [-0.39, 0.29) is 10.8 Å². The molecule has 1 unspecified atom stereocenters. The topological polar surface area (TPSA) is 82.0 Å². The van der Waals surface area contributed by atoms with Crippen LogP contribution in [0.4, 0.5) is 0 Å². The maximum absolute atomic E-state index is 12.6. The molecule has 0 aliphatic heterocycles. The van der Waals surface area contributed by atoms with Gasteiger partial charge in [0.2, 0.25) is 0 Å². The molecule has 112 valence electrons. The van der Waals surface area contributed by atoms with Gasteiger partial charge < -0.3 is 9.66 Å². The highest BCUT2D eigenvalue weighted by Gasteiger charge is 2.25. The Labute approximate surface area is 139 Å². The van der Waals surface area contributed by atoms with Crippen LogP contribution in [-0.4, -0.2) is 24.6 Å². The number of hydrogen-bond donors (Lipinski definition) is 1. The van der Waals surface area contributed by atoms with Gasteiger partial charge in [0.05, 0.1) is 38.9 Å². The summed E-state index contributed by atoms with van der Waals surface area (Å²) in [7, 11) is 0. The Hall–Kier alpha value is -1.60. The van der Waals surface area contributed by atoms with Gasteiger partial charge in [-0.3, -0.25) is 0 Å².